The van der Waals surface area contributed by atoms with Gasteiger partial charge in [0, 0.05) is 22.2 Å². The van der Waals surface area contributed by atoms with Crippen LogP contribution in [0.4, 0.5) is 22.2 Å². The Kier molecular flexibility index (Phi) is 7.86. The molecule has 3 aromatic carbocycles. The number of hydrogen-bond acceptors (Lipinski definition) is 9. The summed E-state index contributed by atoms with van der Waals surface area (Å²) in [6.45, 7) is 4.10. The highest BCUT2D eigenvalue weighted by atomic mass is 35.5. The van der Waals surface area contributed by atoms with Gasteiger partial charge in [0.15, 0.2) is 5.13 Å². The Bertz CT molecular complexity index is 1670. The van der Waals surface area contributed by atoms with Gasteiger partial charge in [-0.3, -0.25) is 24.9 Å². The summed E-state index contributed by atoms with van der Waals surface area (Å²) in [5.74, 6) is -1.38. The Hall–Kier alpha value is -4.55. The van der Waals surface area contributed by atoms with Gasteiger partial charge in [0.2, 0.25) is 0 Å². The third-order valence-corrected chi connectivity index (χ3v) is 7.46. The first-order chi connectivity index (χ1) is 19.6. The maximum atomic E-state index is 13.2. The van der Waals surface area contributed by atoms with Gasteiger partial charge in [-0.2, -0.15) is 0 Å². The second kappa shape index (κ2) is 11.5. The fourth-order valence-corrected chi connectivity index (χ4v) is 5.06. The molecule has 208 valence electrons. The van der Waals surface area contributed by atoms with Crippen molar-refractivity contribution in [3.8, 4) is 11.3 Å². The van der Waals surface area contributed by atoms with Crippen molar-refractivity contribution in [3.05, 3.63) is 105 Å². The number of rotatable bonds is 8. The van der Waals surface area contributed by atoms with Crippen LogP contribution >= 0.6 is 22.9 Å². The summed E-state index contributed by atoms with van der Waals surface area (Å²) < 4.78 is 0. The second-order valence-electron chi connectivity index (χ2n) is 9.40. The van der Waals surface area contributed by atoms with E-state index in [1.165, 1.54) is 29.5 Å². The zero-order chi connectivity index (χ0) is 29.3. The molecule has 0 aliphatic carbocycles. The lowest BCUT2D eigenvalue weighted by atomic mass is 10.0. The number of nitrogens with one attached hydrogen (secondary N) is 2. The molecule has 0 unspecified atom stereocenters. The first kappa shape index (κ1) is 28.0. The number of imide groups is 1. The van der Waals surface area contributed by atoms with E-state index in [-0.39, 0.29) is 27.2 Å². The van der Waals surface area contributed by atoms with Crippen molar-refractivity contribution >= 4 is 62.9 Å². The van der Waals surface area contributed by atoms with Crippen LogP contribution in [0.1, 0.15) is 35.7 Å². The molecule has 10 nitrogen and oxygen atoms in total. The molecule has 41 heavy (non-hydrogen) atoms. The number of thiazole rings is 1. The molecule has 5 rings (SSSR count). The molecule has 4 aromatic rings. The Morgan fingerprint density at radius 3 is 2.41 bits per heavy atom. The Morgan fingerprint density at radius 2 is 1.76 bits per heavy atom. The van der Waals surface area contributed by atoms with Gasteiger partial charge < -0.3 is 15.8 Å². The lowest BCUT2D eigenvalue weighted by molar-refractivity contribution is -0.120. The average molecular weight is 589 g/mol. The van der Waals surface area contributed by atoms with Crippen LogP contribution in [0.3, 0.4) is 0 Å². The molecule has 0 fully saturated rings. The summed E-state index contributed by atoms with van der Waals surface area (Å²) in [6, 6.07) is 19.7. The van der Waals surface area contributed by atoms with E-state index in [0.717, 1.165) is 10.5 Å². The van der Waals surface area contributed by atoms with Crippen molar-refractivity contribution in [1.82, 2.24) is 4.98 Å². The Labute approximate surface area is 244 Å². The molecule has 3 N–H and O–H groups in total. The molecule has 1 aliphatic rings. The number of anilines is 4. The highest BCUT2D eigenvalue weighted by Gasteiger charge is 2.39. The molecule has 0 atom stereocenters. The molecule has 0 saturated heterocycles. The van der Waals surface area contributed by atoms with Gasteiger partial charge in [-0.25, -0.2) is 9.88 Å². The number of carbonyl (C=O) groups excluding carboxylic acids is 3. The normalized spacial score (nSPS) is 13.3. The maximum absolute atomic E-state index is 13.2. The summed E-state index contributed by atoms with van der Waals surface area (Å²) in [5, 5.41) is 27.2. The first-order valence-corrected chi connectivity index (χ1v) is 13.7. The van der Waals surface area contributed by atoms with E-state index in [4.69, 9.17) is 16.8 Å². The second-order valence-corrected chi connectivity index (χ2v) is 10.6. The van der Waals surface area contributed by atoms with Gasteiger partial charge in [-0.1, -0.05) is 55.8 Å². The van der Waals surface area contributed by atoms with E-state index < -0.39 is 17.7 Å². The van der Waals surface area contributed by atoms with Crippen LogP contribution in [-0.4, -0.2) is 27.9 Å². The zero-order valence-corrected chi connectivity index (χ0v) is 23.4. The van der Waals surface area contributed by atoms with E-state index in [2.05, 4.69) is 15.6 Å². The topological polar surface area (TPSA) is 138 Å². The Balaban J connectivity index is 1.28. The SMILES string of the molecule is CC(C)c1ccc(N2C(=O)C(Cl)=C(Nc3cccc(C(=O)Nc4nc(-c5ccc(N([O-])O)cc5)cs4)c3)C2=O)cc1. The standard InChI is InChI=1S/C29H23ClN5O5S/c1-16(2)17-6-10-21(11-7-17)34-27(37)24(30)25(28(34)38)31-20-5-3-4-19(14-20)26(36)33-29-32-23(15-41-29)18-8-12-22(13-9-18)35(39)40/h3-16,31,39H,1-2H3,(H,32,33,36)/q-1. The number of benzene rings is 3. The van der Waals surface area contributed by atoms with E-state index >= 15 is 0 Å². The quantitative estimate of drug-likeness (QED) is 0.161. The van der Waals surface area contributed by atoms with Crippen LogP contribution in [0.15, 0.2) is 88.9 Å². The minimum atomic E-state index is -0.638. The summed E-state index contributed by atoms with van der Waals surface area (Å²) in [4.78, 5) is 44.4. The number of carbonyl (C=O) groups is 3. The van der Waals surface area contributed by atoms with Crippen LogP contribution in [-0.2, 0) is 9.59 Å². The van der Waals surface area contributed by atoms with E-state index in [1.807, 2.05) is 26.0 Å². The molecule has 12 heteroatoms. The van der Waals surface area contributed by atoms with E-state index in [9.17, 15) is 19.6 Å². The molecule has 0 radical (unpaired) electrons. The van der Waals surface area contributed by atoms with Gasteiger partial charge in [0.1, 0.15) is 10.7 Å². The summed E-state index contributed by atoms with van der Waals surface area (Å²) >= 11 is 7.49. The van der Waals surface area contributed by atoms with Crippen molar-refractivity contribution in [3.63, 3.8) is 0 Å². The average Bonchev–Trinajstić information content (AvgIpc) is 3.51. The molecule has 0 saturated carbocycles. The van der Waals surface area contributed by atoms with Crippen LogP contribution in [0.5, 0.6) is 0 Å². The number of amides is 3. The predicted octanol–water partition coefficient (Wildman–Crippen LogP) is 6.31. The van der Waals surface area contributed by atoms with Gasteiger partial charge in [-0.05, 0) is 53.9 Å². The van der Waals surface area contributed by atoms with E-state index in [1.54, 1.807) is 47.8 Å². The van der Waals surface area contributed by atoms with E-state index in [0.29, 0.717) is 33.7 Å². The van der Waals surface area contributed by atoms with Crippen LogP contribution in [0, 0.1) is 5.21 Å². The highest BCUT2D eigenvalue weighted by molar-refractivity contribution is 7.14. The first-order valence-electron chi connectivity index (χ1n) is 12.4. The molecular weight excluding hydrogens is 566 g/mol. The third-order valence-electron chi connectivity index (χ3n) is 6.35. The fourth-order valence-electron chi connectivity index (χ4n) is 4.13. The van der Waals surface area contributed by atoms with Crippen molar-refractivity contribution in [2.24, 2.45) is 0 Å². The molecule has 1 aromatic heterocycles. The van der Waals surface area contributed by atoms with Crippen LogP contribution in [0.25, 0.3) is 11.3 Å². The summed E-state index contributed by atoms with van der Waals surface area (Å²) in [5.41, 5.74) is 3.43. The van der Waals surface area contributed by atoms with Gasteiger partial charge in [-0.15, -0.1) is 11.3 Å². The minimum Gasteiger partial charge on any atom is -0.733 e. The molecule has 3 amide bonds. The molecule has 0 spiro atoms. The molecular formula is C29H23ClN5O5S-. The van der Waals surface area contributed by atoms with Gasteiger partial charge in [0.05, 0.1) is 17.1 Å². The molecule has 2 heterocycles. The van der Waals surface area contributed by atoms with Crippen molar-refractivity contribution < 1.29 is 19.6 Å². The van der Waals surface area contributed by atoms with Crippen molar-refractivity contribution in [2.45, 2.75) is 19.8 Å². The van der Waals surface area contributed by atoms with Crippen molar-refractivity contribution in [2.75, 3.05) is 20.8 Å². The summed E-state index contributed by atoms with van der Waals surface area (Å²) in [6.07, 6.45) is 0. The summed E-state index contributed by atoms with van der Waals surface area (Å²) in [7, 11) is 0. The number of nitrogens with zero attached hydrogens (tertiary/aromatic N) is 3. The van der Waals surface area contributed by atoms with Crippen LogP contribution in [0.2, 0.25) is 0 Å². The lowest BCUT2D eigenvalue weighted by Crippen LogP contribution is -2.32. The minimum absolute atomic E-state index is 0.0831. The van der Waals surface area contributed by atoms with Gasteiger partial charge >= 0.3 is 0 Å². The number of aromatic nitrogens is 1. The largest absolute Gasteiger partial charge is 0.733 e. The highest BCUT2D eigenvalue weighted by Crippen LogP contribution is 2.32. The Morgan fingerprint density at radius 1 is 1.05 bits per heavy atom. The monoisotopic (exact) mass is 588 g/mol. The maximum Gasteiger partial charge on any atom is 0.283 e. The fraction of sp³-hybridized carbons (Fsp3) is 0.103. The van der Waals surface area contributed by atoms with Crippen molar-refractivity contribution in [1.29, 1.82) is 0 Å². The number of halogens is 1. The lowest BCUT2D eigenvalue weighted by Gasteiger charge is -2.21. The predicted molar refractivity (Wildman–Crippen MR) is 159 cm³/mol. The zero-order valence-electron chi connectivity index (χ0n) is 21.8. The van der Waals surface area contributed by atoms with Gasteiger partial charge in [0.25, 0.3) is 17.7 Å². The smallest absolute Gasteiger partial charge is 0.283 e. The molecule has 1 aliphatic heterocycles. The number of hydrogen-bond donors (Lipinski definition) is 3. The van der Waals surface area contributed by atoms with Crippen LogP contribution < -0.4 is 20.8 Å². The molecule has 0 bridgehead atoms. The third kappa shape index (κ3) is 5.83.